The maximum absolute atomic E-state index is 4.68. The van der Waals surface area contributed by atoms with Gasteiger partial charge in [0.05, 0.1) is 11.1 Å². The molecule has 0 bridgehead atoms. The van der Waals surface area contributed by atoms with Crippen LogP contribution in [0.5, 0.6) is 0 Å². The quantitative estimate of drug-likeness (QED) is 0.712. The van der Waals surface area contributed by atoms with E-state index < -0.39 is 0 Å². The van der Waals surface area contributed by atoms with Crippen molar-refractivity contribution in [1.29, 1.82) is 0 Å². The minimum atomic E-state index is 0.782. The molecule has 3 rings (SSSR count). The number of rotatable bonds is 4. The zero-order chi connectivity index (χ0) is 14.8. The topological polar surface area (TPSA) is 37.8 Å². The van der Waals surface area contributed by atoms with Crippen LogP contribution < -0.4 is 5.32 Å². The lowest BCUT2D eigenvalue weighted by Gasteiger charge is -2.05. The number of anilines is 1. The summed E-state index contributed by atoms with van der Waals surface area (Å²) in [7, 11) is 1.91. The zero-order valence-electron chi connectivity index (χ0n) is 12.3. The van der Waals surface area contributed by atoms with E-state index in [4.69, 9.17) is 0 Å². The highest BCUT2D eigenvalue weighted by molar-refractivity contribution is 7.98. The Bertz CT molecular complexity index is 763. The van der Waals surface area contributed by atoms with Crippen molar-refractivity contribution in [2.45, 2.75) is 24.5 Å². The Morgan fingerprint density at radius 3 is 2.62 bits per heavy atom. The molecule has 3 aromatic rings. The van der Waals surface area contributed by atoms with Gasteiger partial charge in [-0.15, -0.1) is 23.1 Å². The van der Waals surface area contributed by atoms with Crippen LogP contribution in [-0.4, -0.2) is 17.0 Å². The first kappa shape index (κ1) is 14.4. The molecule has 0 spiro atoms. The van der Waals surface area contributed by atoms with Crippen molar-refractivity contribution in [3.63, 3.8) is 0 Å². The summed E-state index contributed by atoms with van der Waals surface area (Å²) < 4.78 is 0. The van der Waals surface area contributed by atoms with Crippen molar-refractivity contribution in [2.24, 2.45) is 0 Å². The number of thioether (sulfide) groups is 1. The average Bonchev–Trinajstić information content (AvgIpc) is 2.86. The van der Waals surface area contributed by atoms with Gasteiger partial charge in [-0.3, -0.25) is 0 Å². The lowest BCUT2D eigenvalue weighted by Crippen LogP contribution is -1.99. The van der Waals surface area contributed by atoms with Gasteiger partial charge in [-0.1, -0.05) is 17.7 Å². The fourth-order valence-corrected chi connectivity index (χ4v) is 3.78. The molecule has 3 nitrogen and oxygen atoms in total. The first-order valence-corrected chi connectivity index (χ1v) is 8.60. The van der Waals surface area contributed by atoms with Crippen molar-refractivity contribution < 1.29 is 0 Å². The molecule has 0 amide bonds. The molecule has 0 saturated heterocycles. The maximum Gasteiger partial charge on any atom is 0.142 e. The van der Waals surface area contributed by atoms with Crippen LogP contribution in [-0.2, 0) is 5.75 Å². The van der Waals surface area contributed by atoms with Crippen LogP contribution in [0.1, 0.15) is 16.3 Å². The predicted molar refractivity (Wildman–Crippen MR) is 92.4 cm³/mol. The van der Waals surface area contributed by atoms with E-state index in [0.717, 1.165) is 27.6 Å². The van der Waals surface area contributed by atoms with Crippen molar-refractivity contribution in [1.82, 2.24) is 9.97 Å². The molecule has 5 heteroatoms. The van der Waals surface area contributed by atoms with Gasteiger partial charge in [0.15, 0.2) is 0 Å². The van der Waals surface area contributed by atoms with Crippen LogP contribution in [0.15, 0.2) is 35.2 Å². The molecule has 108 valence electrons. The normalized spacial score (nSPS) is 11.0. The predicted octanol–water partition coefficient (Wildman–Crippen LogP) is 4.64. The molecule has 0 aliphatic carbocycles. The number of benzene rings is 1. The Morgan fingerprint density at radius 2 is 1.90 bits per heavy atom. The van der Waals surface area contributed by atoms with E-state index in [0.29, 0.717) is 0 Å². The summed E-state index contributed by atoms with van der Waals surface area (Å²) >= 11 is 3.49. The van der Waals surface area contributed by atoms with E-state index in [1.807, 2.05) is 7.05 Å². The third kappa shape index (κ3) is 3.19. The smallest absolute Gasteiger partial charge is 0.142 e. The van der Waals surface area contributed by atoms with Crippen molar-refractivity contribution in [3.05, 3.63) is 46.6 Å². The van der Waals surface area contributed by atoms with E-state index in [1.165, 1.54) is 15.3 Å². The monoisotopic (exact) mass is 315 g/mol. The van der Waals surface area contributed by atoms with Gasteiger partial charge in [0, 0.05) is 16.8 Å². The lowest BCUT2D eigenvalue weighted by molar-refractivity contribution is 1.07. The number of thiophene rings is 1. The highest BCUT2D eigenvalue weighted by Gasteiger charge is 2.09. The van der Waals surface area contributed by atoms with E-state index in [-0.39, 0.29) is 0 Å². The molecule has 0 radical (unpaired) electrons. The van der Waals surface area contributed by atoms with Crippen LogP contribution >= 0.6 is 23.1 Å². The number of hydrogen-bond donors (Lipinski definition) is 1. The Kier molecular flexibility index (Phi) is 4.12. The van der Waals surface area contributed by atoms with Gasteiger partial charge in [0.25, 0.3) is 0 Å². The lowest BCUT2D eigenvalue weighted by atomic mass is 10.2. The number of nitrogens with zero attached hydrogens (tertiary/aromatic N) is 2. The summed E-state index contributed by atoms with van der Waals surface area (Å²) in [4.78, 5) is 12.9. The molecule has 1 aromatic carbocycles. The van der Waals surface area contributed by atoms with E-state index in [1.54, 1.807) is 23.1 Å². The Labute approximate surface area is 132 Å². The Hall–Kier alpha value is -1.59. The Morgan fingerprint density at radius 1 is 1.14 bits per heavy atom. The van der Waals surface area contributed by atoms with E-state index in [9.17, 15) is 0 Å². The summed E-state index contributed by atoms with van der Waals surface area (Å²) in [5, 5.41) is 4.29. The fraction of sp³-hybridized carbons (Fsp3) is 0.250. The van der Waals surface area contributed by atoms with Crippen molar-refractivity contribution in [3.8, 4) is 0 Å². The van der Waals surface area contributed by atoms with Crippen LogP contribution in [0, 0.1) is 13.8 Å². The molecule has 21 heavy (non-hydrogen) atoms. The van der Waals surface area contributed by atoms with Crippen LogP contribution in [0.25, 0.3) is 10.2 Å². The molecule has 2 aromatic heterocycles. The Balaban J connectivity index is 1.84. The molecule has 0 saturated carbocycles. The fourth-order valence-electron chi connectivity index (χ4n) is 2.12. The van der Waals surface area contributed by atoms with Crippen LogP contribution in [0.2, 0.25) is 0 Å². The van der Waals surface area contributed by atoms with Gasteiger partial charge in [-0.2, -0.15) is 0 Å². The summed E-state index contributed by atoms with van der Waals surface area (Å²) in [6.45, 7) is 4.20. The molecule has 0 atom stereocenters. The van der Waals surface area contributed by atoms with Crippen molar-refractivity contribution in [2.75, 3.05) is 12.4 Å². The van der Waals surface area contributed by atoms with Gasteiger partial charge >= 0.3 is 0 Å². The van der Waals surface area contributed by atoms with Gasteiger partial charge in [-0.05, 0) is 32.0 Å². The van der Waals surface area contributed by atoms with Crippen LogP contribution in [0.3, 0.4) is 0 Å². The molecule has 1 N–H and O–H groups in total. The zero-order valence-corrected chi connectivity index (χ0v) is 13.9. The average molecular weight is 315 g/mol. The highest BCUT2D eigenvalue weighted by atomic mass is 32.2. The SMILES string of the molecule is CNc1nc(CSc2ccc(C)cc2)nc2sc(C)cc12. The van der Waals surface area contributed by atoms with Gasteiger partial charge < -0.3 is 5.32 Å². The van der Waals surface area contributed by atoms with Gasteiger partial charge in [-0.25, -0.2) is 9.97 Å². The van der Waals surface area contributed by atoms with Gasteiger partial charge in [0.1, 0.15) is 16.5 Å². The minimum Gasteiger partial charge on any atom is -0.372 e. The second-order valence-electron chi connectivity index (χ2n) is 4.92. The summed E-state index contributed by atoms with van der Waals surface area (Å²) in [6.07, 6.45) is 0. The van der Waals surface area contributed by atoms with Crippen LogP contribution in [0.4, 0.5) is 5.82 Å². The number of fused-ring (bicyclic) bond motifs is 1. The summed E-state index contributed by atoms with van der Waals surface area (Å²) in [5.74, 6) is 2.58. The molecule has 0 aliphatic rings. The number of hydrogen-bond acceptors (Lipinski definition) is 5. The second-order valence-corrected chi connectivity index (χ2v) is 7.20. The highest BCUT2D eigenvalue weighted by Crippen LogP contribution is 2.30. The maximum atomic E-state index is 4.68. The number of nitrogens with one attached hydrogen (secondary N) is 1. The largest absolute Gasteiger partial charge is 0.372 e. The standard InChI is InChI=1S/C16H17N3S2/c1-10-4-6-12(7-5-10)20-9-14-18-15(17-3)13-8-11(2)21-16(13)19-14/h4-8H,9H2,1-3H3,(H,17,18,19). The molecule has 0 unspecified atom stereocenters. The minimum absolute atomic E-state index is 0.782. The molecule has 0 aliphatic heterocycles. The van der Waals surface area contributed by atoms with E-state index >= 15 is 0 Å². The third-order valence-electron chi connectivity index (χ3n) is 3.19. The van der Waals surface area contributed by atoms with Crippen molar-refractivity contribution >= 4 is 39.1 Å². The molecular weight excluding hydrogens is 298 g/mol. The second kappa shape index (κ2) is 6.03. The number of aryl methyl sites for hydroxylation is 2. The summed E-state index contributed by atoms with van der Waals surface area (Å²) in [5.41, 5.74) is 1.28. The first-order chi connectivity index (χ1) is 10.2. The molecule has 0 fully saturated rings. The first-order valence-electron chi connectivity index (χ1n) is 6.80. The van der Waals surface area contributed by atoms with Gasteiger partial charge in [0.2, 0.25) is 0 Å². The molecule has 2 heterocycles. The van der Waals surface area contributed by atoms with E-state index in [2.05, 4.69) is 59.5 Å². The molecular formula is C16H17N3S2. The summed E-state index contributed by atoms with van der Waals surface area (Å²) in [6, 6.07) is 10.7. The number of aromatic nitrogens is 2. The third-order valence-corrected chi connectivity index (χ3v) is 5.14.